The zero-order valence-corrected chi connectivity index (χ0v) is 18.9. The Morgan fingerprint density at radius 1 is 1.10 bits per heavy atom. The average Bonchev–Trinajstić information content (AvgIpc) is 3.24. The largest absolute Gasteiger partial charge is 0.359 e. The maximum absolute atomic E-state index is 12.7. The van der Waals surface area contributed by atoms with Crippen LogP contribution < -0.4 is 10.2 Å². The van der Waals surface area contributed by atoms with Crippen LogP contribution in [0.2, 0.25) is 0 Å². The van der Waals surface area contributed by atoms with Crippen molar-refractivity contribution in [3.05, 3.63) is 72.1 Å². The number of hydrogen-bond donors (Lipinski definition) is 1. The van der Waals surface area contributed by atoms with Crippen molar-refractivity contribution in [2.45, 2.75) is 26.7 Å². The fraction of sp³-hybridized carbons (Fsp3) is 0.240. The Balaban J connectivity index is 1.48. The van der Waals surface area contributed by atoms with Gasteiger partial charge in [-0.1, -0.05) is 55.5 Å². The zero-order chi connectivity index (χ0) is 21.8. The highest BCUT2D eigenvalue weighted by Crippen LogP contribution is 2.35. The lowest BCUT2D eigenvalue weighted by atomic mass is 10.1. The summed E-state index contributed by atoms with van der Waals surface area (Å²) >= 11 is 1.66. The molecular weight excluding hydrogens is 404 g/mol. The van der Waals surface area contributed by atoms with Gasteiger partial charge in [0.05, 0.1) is 5.39 Å². The van der Waals surface area contributed by atoms with E-state index in [1.165, 1.54) is 5.56 Å². The van der Waals surface area contributed by atoms with Crippen molar-refractivity contribution in [3.8, 4) is 10.4 Å². The molecule has 2 aromatic carbocycles. The number of fused-ring (bicyclic) bond motifs is 1. The van der Waals surface area contributed by atoms with Crippen molar-refractivity contribution in [2.75, 3.05) is 23.8 Å². The van der Waals surface area contributed by atoms with Crippen LogP contribution >= 0.6 is 11.3 Å². The molecular formula is C25H26N4OS. The van der Waals surface area contributed by atoms with Crippen LogP contribution in [0.3, 0.4) is 0 Å². The van der Waals surface area contributed by atoms with Crippen molar-refractivity contribution in [3.63, 3.8) is 0 Å². The number of para-hydroxylation sites is 1. The smallest absolute Gasteiger partial charge is 0.226 e. The molecule has 6 heteroatoms. The topological polar surface area (TPSA) is 58.1 Å². The second-order valence-corrected chi connectivity index (χ2v) is 8.61. The minimum absolute atomic E-state index is 0.0106. The minimum Gasteiger partial charge on any atom is -0.359 e. The van der Waals surface area contributed by atoms with E-state index in [0.717, 1.165) is 44.1 Å². The molecule has 0 fully saturated rings. The average molecular weight is 431 g/mol. The van der Waals surface area contributed by atoms with Gasteiger partial charge in [-0.25, -0.2) is 9.97 Å². The summed E-state index contributed by atoms with van der Waals surface area (Å²) in [6.45, 7) is 4.70. The third kappa shape index (κ3) is 4.59. The van der Waals surface area contributed by atoms with E-state index in [1.54, 1.807) is 17.7 Å². The van der Waals surface area contributed by atoms with E-state index in [4.69, 9.17) is 0 Å². The van der Waals surface area contributed by atoms with Gasteiger partial charge < -0.3 is 10.2 Å². The van der Waals surface area contributed by atoms with Crippen LogP contribution in [-0.2, 0) is 11.2 Å². The van der Waals surface area contributed by atoms with E-state index in [2.05, 4.69) is 46.5 Å². The number of nitrogens with one attached hydrogen (secondary N) is 1. The van der Waals surface area contributed by atoms with Gasteiger partial charge in [-0.15, -0.1) is 11.3 Å². The van der Waals surface area contributed by atoms with E-state index in [1.807, 2.05) is 49.2 Å². The highest BCUT2D eigenvalue weighted by molar-refractivity contribution is 7.21. The lowest BCUT2D eigenvalue weighted by Gasteiger charge is -2.19. The maximum Gasteiger partial charge on any atom is 0.226 e. The number of anilines is 2. The number of amides is 1. The van der Waals surface area contributed by atoms with Gasteiger partial charge in [0.15, 0.2) is 0 Å². The monoisotopic (exact) mass is 430 g/mol. The molecule has 4 rings (SSSR count). The molecule has 31 heavy (non-hydrogen) atoms. The van der Waals surface area contributed by atoms with Crippen LogP contribution in [0.15, 0.2) is 60.9 Å². The first kappa shape index (κ1) is 21.0. The van der Waals surface area contributed by atoms with Crippen molar-refractivity contribution in [1.29, 1.82) is 0 Å². The van der Waals surface area contributed by atoms with E-state index in [-0.39, 0.29) is 5.91 Å². The second kappa shape index (κ2) is 9.27. The molecule has 5 nitrogen and oxygen atoms in total. The fourth-order valence-corrected chi connectivity index (χ4v) is 4.67. The highest BCUT2D eigenvalue weighted by Gasteiger charge is 2.15. The molecule has 4 aromatic rings. The SMILES string of the molecule is CCc1cccc(C)c1NC(=O)CCN(C)c1ncnc2sc(-c3ccccc3)cc12. The maximum atomic E-state index is 12.7. The summed E-state index contributed by atoms with van der Waals surface area (Å²) in [4.78, 5) is 25.8. The first-order valence-corrected chi connectivity index (χ1v) is 11.3. The number of thiophene rings is 1. The number of aryl methyl sites for hydroxylation is 2. The number of hydrogen-bond acceptors (Lipinski definition) is 5. The predicted octanol–water partition coefficient (Wildman–Crippen LogP) is 5.69. The Morgan fingerprint density at radius 2 is 1.90 bits per heavy atom. The molecule has 0 saturated heterocycles. The van der Waals surface area contributed by atoms with Crippen molar-refractivity contribution in [1.82, 2.24) is 9.97 Å². The normalized spacial score (nSPS) is 10.9. The summed E-state index contributed by atoms with van der Waals surface area (Å²) in [6.07, 6.45) is 2.87. The van der Waals surface area contributed by atoms with Crippen molar-refractivity contribution in [2.24, 2.45) is 0 Å². The Morgan fingerprint density at radius 3 is 2.68 bits per heavy atom. The molecule has 2 heterocycles. The van der Waals surface area contributed by atoms with Gasteiger partial charge in [0.2, 0.25) is 5.91 Å². The first-order valence-electron chi connectivity index (χ1n) is 10.5. The Labute approximate surface area is 186 Å². The standard InChI is InChI=1S/C25H26N4OS/c1-4-18-12-8-9-17(2)23(18)28-22(30)13-14-29(3)24-20-15-21(19-10-6-5-7-11-19)31-25(20)27-16-26-24/h5-12,15-16H,4,13-14H2,1-3H3,(H,28,30). The van der Waals surface area contributed by atoms with Crippen molar-refractivity contribution >= 4 is 39.0 Å². The third-order valence-corrected chi connectivity index (χ3v) is 6.50. The predicted molar refractivity (Wildman–Crippen MR) is 130 cm³/mol. The lowest BCUT2D eigenvalue weighted by molar-refractivity contribution is -0.116. The van der Waals surface area contributed by atoms with Crippen molar-refractivity contribution < 1.29 is 4.79 Å². The molecule has 0 bridgehead atoms. The second-order valence-electron chi connectivity index (χ2n) is 7.58. The van der Waals surface area contributed by atoms with Crippen LogP contribution in [0.5, 0.6) is 0 Å². The van der Waals surface area contributed by atoms with Gasteiger partial charge in [-0.2, -0.15) is 0 Å². The summed E-state index contributed by atoms with van der Waals surface area (Å²) in [5, 5.41) is 4.12. The lowest BCUT2D eigenvalue weighted by Crippen LogP contribution is -2.25. The number of rotatable bonds is 7. The van der Waals surface area contributed by atoms with E-state index in [0.29, 0.717) is 13.0 Å². The summed E-state index contributed by atoms with van der Waals surface area (Å²) in [6, 6.07) is 18.5. The van der Waals surface area contributed by atoms with Crippen LogP contribution in [-0.4, -0.2) is 29.5 Å². The molecule has 0 spiro atoms. The van der Waals surface area contributed by atoms with E-state index >= 15 is 0 Å². The van der Waals surface area contributed by atoms with Gasteiger partial charge in [0.1, 0.15) is 17.0 Å². The summed E-state index contributed by atoms with van der Waals surface area (Å²) < 4.78 is 0. The Hall–Kier alpha value is -3.25. The number of carbonyl (C=O) groups excluding carboxylic acids is 1. The molecule has 0 saturated carbocycles. The molecule has 1 amide bonds. The van der Waals surface area contributed by atoms with Crippen LogP contribution in [0.1, 0.15) is 24.5 Å². The highest BCUT2D eigenvalue weighted by atomic mass is 32.1. The number of nitrogens with zero attached hydrogens (tertiary/aromatic N) is 3. The van der Waals surface area contributed by atoms with Crippen LogP contribution in [0.25, 0.3) is 20.7 Å². The Bertz CT molecular complexity index is 1200. The Kier molecular flexibility index (Phi) is 6.28. The molecule has 0 aliphatic carbocycles. The molecule has 0 unspecified atom stereocenters. The molecule has 0 atom stereocenters. The summed E-state index contributed by atoms with van der Waals surface area (Å²) in [5.41, 5.74) is 4.35. The molecule has 0 aliphatic rings. The number of carbonyl (C=O) groups is 1. The first-order chi connectivity index (χ1) is 15.1. The number of benzene rings is 2. The van der Waals surface area contributed by atoms with Gasteiger partial charge >= 0.3 is 0 Å². The molecule has 2 aromatic heterocycles. The zero-order valence-electron chi connectivity index (χ0n) is 18.1. The van der Waals surface area contributed by atoms with E-state index < -0.39 is 0 Å². The van der Waals surface area contributed by atoms with E-state index in [9.17, 15) is 4.79 Å². The number of aromatic nitrogens is 2. The van der Waals surface area contributed by atoms with Crippen LogP contribution in [0, 0.1) is 6.92 Å². The quantitative estimate of drug-likeness (QED) is 0.409. The molecule has 158 valence electrons. The summed E-state index contributed by atoms with van der Waals surface area (Å²) in [5.74, 6) is 0.859. The summed E-state index contributed by atoms with van der Waals surface area (Å²) in [7, 11) is 1.97. The fourth-order valence-electron chi connectivity index (χ4n) is 3.67. The molecule has 0 radical (unpaired) electrons. The molecule has 0 aliphatic heterocycles. The third-order valence-electron chi connectivity index (χ3n) is 5.41. The molecule has 1 N–H and O–H groups in total. The van der Waals surface area contributed by atoms with Gasteiger partial charge in [0.25, 0.3) is 0 Å². The van der Waals surface area contributed by atoms with Gasteiger partial charge in [-0.3, -0.25) is 4.79 Å². The van der Waals surface area contributed by atoms with Crippen LogP contribution in [0.4, 0.5) is 11.5 Å². The van der Waals surface area contributed by atoms with Gasteiger partial charge in [-0.05, 0) is 36.1 Å². The van der Waals surface area contributed by atoms with Gasteiger partial charge in [0, 0.05) is 30.6 Å². The minimum atomic E-state index is 0.0106.